The third kappa shape index (κ3) is 3.05. The van der Waals surface area contributed by atoms with Gasteiger partial charge in [0.15, 0.2) is 0 Å². The van der Waals surface area contributed by atoms with Gasteiger partial charge in [-0.05, 0) is 35.0 Å². The summed E-state index contributed by atoms with van der Waals surface area (Å²) in [6.45, 7) is 0. The second-order valence-corrected chi connectivity index (χ2v) is 9.73. The topological polar surface area (TPSA) is 59.3 Å². The lowest BCUT2D eigenvalue weighted by atomic mass is 10.1. The van der Waals surface area contributed by atoms with E-state index in [1.165, 1.54) is 15.7 Å². The number of fused-ring (bicyclic) bond motifs is 2. The van der Waals surface area contributed by atoms with E-state index in [-0.39, 0.29) is 10.6 Å². The Morgan fingerprint density at radius 3 is 2.20 bits per heavy atom. The molecule has 5 aromatic rings. The quantitative estimate of drug-likeness (QED) is 0.386. The summed E-state index contributed by atoms with van der Waals surface area (Å²) in [6, 6.07) is 27.2. The van der Waals surface area contributed by atoms with Crippen LogP contribution in [0, 0.1) is 0 Å². The Hall–Kier alpha value is -3.22. The van der Waals surface area contributed by atoms with Crippen LogP contribution in [0.3, 0.4) is 0 Å². The fourth-order valence-corrected chi connectivity index (χ4v) is 6.14. The number of hydrogen-bond donors (Lipinski definition) is 1. The van der Waals surface area contributed by atoms with Crippen molar-refractivity contribution in [2.45, 2.75) is 14.7 Å². The summed E-state index contributed by atoms with van der Waals surface area (Å²) in [5.41, 5.74) is 0.601. The lowest BCUT2D eigenvalue weighted by Gasteiger charge is -2.08. The number of nitrogens with zero attached hydrogens (tertiary/aromatic N) is 1. The van der Waals surface area contributed by atoms with Crippen LogP contribution in [-0.4, -0.2) is 17.5 Å². The molecule has 4 aromatic carbocycles. The van der Waals surface area contributed by atoms with E-state index in [1.54, 1.807) is 48.7 Å². The molecule has 0 bridgehead atoms. The fourth-order valence-electron chi connectivity index (χ4n) is 3.55. The summed E-state index contributed by atoms with van der Waals surface area (Å²) in [6.07, 6.45) is 1.64. The van der Waals surface area contributed by atoms with Crippen molar-refractivity contribution in [3.8, 4) is 5.75 Å². The standard InChI is InChI=1S/C24H17NO3S2/c26-22-15-14-17-8-4-5-11-19(17)24(22)29-23-16-25(21-13-7-6-12-20(21)23)30(27,28)18-9-2-1-3-10-18/h1-16,26H. The fraction of sp³-hybridized carbons (Fsp3) is 0. The molecule has 0 unspecified atom stereocenters. The molecule has 0 atom stereocenters. The molecular weight excluding hydrogens is 414 g/mol. The Bertz CT molecular complexity index is 1490. The first-order valence-electron chi connectivity index (χ1n) is 9.35. The SMILES string of the molecule is O=S(=O)(c1ccccc1)n1cc(Sc2c(O)ccc3ccccc23)c2ccccc21. The molecule has 5 rings (SSSR count). The van der Waals surface area contributed by atoms with Crippen molar-refractivity contribution in [3.05, 3.63) is 97.2 Å². The van der Waals surface area contributed by atoms with E-state index in [2.05, 4.69) is 0 Å². The van der Waals surface area contributed by atoms with Crippen molar-refractivity contribution < 1.29 is 13.5 Å². The smallest absolute Gasteiger partial charge is 0.268 e. The molecule has 0 aliphatic carbocycles. The second-order valence-electron chi connectivity index (χ2n) is 6.86. The van der Waals surface area contributed by atoms with E-state index in [4.69, 9.17) is 0 Å². The largest absolute Gasteiger partial charge is 0.507 e. The van der Waals surface area contributed by atoms with E-state index in [0.717, 1.165) is 21.1 Å². The van der Waals surface area contributed by atoms with Gasteiger partial charge in [0.1, 0.15) is 5.75 Å². The molecule has 6 heteroatoms. The van der Waals surface area contributed by atoms with Gasteiger partial charge in [0.2, 0.25) is 0 Å². The van der Waals surface area contributed by atoms with E-state index in [0.29, 0.717) is 10.4 Å². The van der Waals surface area contributed by atoms with Crippen LogP contribution < -0.4 is 0 Å². The number of aromatic hydroxyl groups is 1. The highest BCUT2D eigenvalue weighted by atomic mass is 32.2. The minimum atomic E-state index is -3.75. The number of rotatable bonds is 4. The van der Waals surface area contributed by atoms with Crippen LogP contribution in [-0.2, 0) is 10.0 Å². The molecule has 0 fully saturated rings. The summed E-state index contributed by atoms with van der Waals surface area (Å²) in [4.78, 5) is 1.69. The highest BCUT2D eigenvalue weighted by molar-refractivity contribution is 8.00. The Morgan fingerprint density at radius 1 is 0.733 bits per heavy atom. The number of phenolic OH excluding ortho intramolecular Hbond substituents is 1. The van der Waals surface area contributed by atoms with Gasteiger partial charge in [0, 0.05) is 16.5 Å². The monoisotopic (exact) mass is 431 g/mol. The van der Waals surface area contributed by atoms with Crippen molar-refractivity contribution in [1.29, 1.82) is 0 Å². The third-order valence-electron chi connectivity index (χ3n) is 5.01. The summed E-state index contributed by atoms with van der Waals surface area (Å²) < 4.78 is 27.9. The molecule has 0 amide bonds. The lowest BCUT2D eigenvalue weighted by molar-refractivity contribution is 0.464. The summed E-state index contributed by atoms with van der Waals surface area (Å²) in [7, 11) is -3.75. The maximum atomic E-state index is 13.3. The molecule has 4 nitrogen and oxygen atoms in total. The maximum absolute atomic E-state index is 13.3. The van der Waals surface area contributed by atoms with Crippen LogP contribution in [0.25, 0.3) is 21.7 Å². The number of benzene rings is 4. The first-order chi connectivity index (χ1) is 14.6. The van der Waals surface area contributed by atoms with Crippen LogP contribution in [0.2, 0.25) is 0 Å². The zero-order chi connectivity index (χ0) is 20.7. The van der Waals surface area contributed by atoms with Crippen LogP contribution in [0.1, 0.15) is 0 Å². The van der Waals surface area contributed by atoms with Crippen molar-refractivity contribution in [3.63, 3.8) is 0 Å². The Kier molecular flexibility index (Phi) is 4.53. The number of para-hydroxylation sites is 1. The highest BCUT2D eigenvalue weighted by Gasteiger charge is 2.22. The Morgan fingerprint density at radius 2 is 1.40 bits per heavy atom. The molecule has 0 aliphatic rings. The number of hydrogen-bond acceptors (Lipinski definition) is 4. The molecule has 30 heavy (non-hydrogen) atoms. The number of phenols is 1. The second kappa shape index (κ2) is 7.23. The van der Waals surface area contributed by atoms with E-state index < -0.39 is 10.0 Å². The molecular formula is C24H17NO3S2. The lowest BCUT2D eigenvalue weighted by Crippen LogP contribution is -2.11. The van der Waals surface area contributed by atoms with Gasteiger partial charge in [0.25, 0.3) is 10.0 Å². The average Bonchev–Trinajstić information content (AvgIpc) is 3.16. The van der Waals surface area contributed by atoms with Gasteiger partial charge in [-0.15, -0.1) is 0 Å². The summed E-state index contributed by atoms with van der Waals surface area (Å²) in [5, 5.41) is 13.3. The molecule has 0 spiro atoms. The van der Waals surface area contributed by atoms with Gasteiger partial charge in [-0.2, -0.15) is 0 Å². The van der Waals surface area contributed by atoms with Crippen molar-refractivity contribution in [2.24, 2.45) is 0 Å². The van der Waals surface area contributed by atoms with E-state index >= 15 is 0 Å². The van der Waals surface area contributed by atoms with Gasteiger partial charge in [0.05, 0.1) is 15.3 Å². The van der Waals surface area contributed by atoms with Crippen molar-refractivity contribution in [2.75, 3.05) is 0 Å². The summed E-state index contributed by atoms with van der Waals surface area (Å²) in [5.74, 6) is 0.168. The zero-order valence-electron chi connectivity index (χ0n) is 15.8. The van der Waals surface area contributed by atoms with Crippen LogP contribution in [0.15, 0.2) is 112 Å². The molecule has 1 N–H and O–H groups in total. The molecule has 148 valence electrons. The predicted octanol–water partition coefficient (Wildman–Crippen LogP) is 5.89. The van der Waals surface area contributed by atoms with E-state index in [1.807, 2.05) is 48.5 Å². The Labute approximate surface area is 178 Å². The van der Waals surface area contributed by atoms with Gasteiger partial charge in [-0.25, -0.2) is 12.4 Å². The van der Waals surface area contributed by atoms with Gasteiger partial charge in [-0.3, -0.25) is 0 Å². The van der Waals surface area contributed by atoms with Crippen molar-refractivity contribution >= 4 is 43.5 Å². The minimum absolute atomic E-state index is 0.168. The van der Waals surface area contributed by atoms with Crippen LogP contribution in [0.5, 0.6) is 5.75 Å². The molecule has 1 heterocycles. The number of aromatic nitrogens is 1. The van der Waals surface area contributed by atoms with Crippen LogP contribution >= 0.6 is 11.8 Å². The Balaban J connectivity index is 1.71. The molecule has 0 aliphatic heterocycles. The van der Waals surface area contributed by atoms with Gasteiger partial charge < -0.3 is 5.11 Å². The predicted molar refractivity (Wildman–Crippen MR) is 121 cm³/mol. The minimum Gasteiger partial charge on any atom is -0.507 e. The molecule has 0 radical (unpaired) electrons. The molecule has 0 saturated carbocycles. The normalized spacial score (nSPS) is 11.9. The summed E-state index contributed by atoms with van der Waals surface area (Å²) >= 11 is 1.37. The highest BCUT2D eigenvalue weighted by Crippen LogP contribution is 2.43. The average molecular weight is 432 g/mol. The van der Waals surface area contributed by atoms with Gasteiger partial charge >= 0.3 is 0 Å². The first-order valence-corrected chi connectivity index (χ1v) is 11.6. The molecule has 0 saturated heterocycles. The van der Waals surface area contributed by atoms with Crippen LogP contribution in [0.4, 0.5) is 0 Å². The van der Waals surface area contributed by atoms with Crippen molar-refractivity contribution in [1.82, 2.24) is 3.97 Å². The third-order valence-corrected chi connectivity index (χ3v) is 7.88. The maximum Gasteiger partial charge on any atom is 0.268 e. The van der Waals surface area contributed by atoms with E-state index in [9.17, 15) is 13.5 Å². The van der Waals surface area contributed by atoms with Gasteiger partial charge in [-0.1, -0.05) is 78.5 Å². The molecule has 1 aromatic heterocycles. The zero-order valence-corrected chi connectivity index (χ0v) is 17.4. The first kappa shape index (κ1) is 18.8.